The van der Waals surface area contributed by atoms with Crippen molar-refractivity contribution >= 4 is 11.9 Å². The number of esters is 2. The van der Waals surface area contributed by atoms with Crippen LogP contribution in [0.25, 0.3) is 0 Å². The van der Waals surface area contributed by atoms with Gasteiger partial charge in [0.05, 0.1) is 38.6 Å². The lowest BCUT2D eigenvalue weighted by Gasteiger charge is -2.42. The summed E-state index contributed by atoms with van der Waals surface area (Å²) in [5.74, 6) is -2.69. The van der Waals surface area contributed by atoms with E-state index in [1.165, 1.54) is 18.2 Å². The second-order valence-electron chi connectivity index (χ2n) is 11.4. The van der Waals surface area contributed by atoms with E-state index in [9.17, 15) is 50.4 Å². The fraction of sp³-hybridized carbons (Fsp3) is 0.613. The molecule has 0 aromatic heterocycles. The van der Waals surface area contributed by atoms with Gasteiger partial charge in [0.2, 0.25) is 6.29 Å². The maximum atomic E-state index is 13.1. The van der Waals surface area contributed by atoms with Gasteiger partial charge in [-0.15, -0.1) is 0 Å². The van der Waals surface area contributed by atoms with Crippen molar-refractivity contribution in [1.82, 2.24) is 0 Å². The molecule has 1 aromatic rings. The van der Waals surface area contributed by atoms with Crippen LogP contribution in [0.2, 0.25) is 0 Å². The zero-order chi connectivity index (χ0) is 35.1. The molecule has 0 bridgehead atoms. The highest BCUT2D eigenvalue weighted by Gasteiger charge is 2.48. The van der Waals surface area contributed by atoms with Crippen molar-refractivity contribution in [2.24, 2.45) is 5.92 Å². The Kier molecular flexibility index (Phi) is 13.3. The van der Waals surface area contributed by atoms with Gasteiger partial charge in [0.25, 0.3) is 0 Å². The molecule has 0 unspecified atom stereocenters. The van der Waals surface area contributed by atoms with Crippen LogP contribution in [0.1, 0.15) is 18.9 Å². The molecule has 48 heavy (non-hydrogen) atoms. The van der Waals surface area contributed by atoms with Gasteiger partial charge >= 0.3 is 11.9 Å². The summed E-state index contributed by atoms with van der Waals surface area (Å²) in [6.45, 7) is 0.335. The molecular formula is C31H42O17. The van der Waals surface area contributed by atoms with Gasteiger partial charge in [0.15, 0.2) is 12.6 Å². The fourth-order valence-corrected chi connectivity index (χ4v) is 5.47. The summed E-state index contributed by atoms with van der Waals surface area (Å²) in [5, 5.41) is 80.8. The third-order valence-corrected chi connectivity index (χ3v) is 8.29. The van der Waals surface area contributed by atoms with Gasteiger partial charge in [-0.3, -0.25) is 4.79 Å². The molecule has 2 fully saturated rings. The first-order chi connectivity index (χ1) is 22.9. The second kappa shape index (κ2) is 17.0. The third-order valence-electron chi connectivity index (χ3n) is 8.29. The van der Waals surface area contributed by atoms with Crippen molar-refractivity contribution < 1.29 is 83.6 Å². The van der Waals surface area contributed by atoms with Crippen LogP contribution in [-0.4, -0.2) is 147 Å². The summed E-state index contributed by atoms with van der Waals surface area (Å²) < 4.78 is 38.0. The molecule has 12 atom stereocenters. The Bertz CT molecular complexity index is 1280. The first-order valence-corrected chi connectivity index (χ1v) is 15.2. The molecule has 0 spiro atoms. The first kappa shape index (κ1) is 37.6. The largest absolute Gasteiger partial charge is 0.508 e. The molecule has 0 saturated carbocycles. The molecule has 0 amide bonds. The van der Waals surface area contributed by atoms with E-state index in [1.54, 1.807) is 19.1 Å². The summed E-state index contributed by atoms with van der Waals surface area (Å²) >= 11 is 0. The molecule has 3 heterocycles. The van der Waals surface area contributed by atoms with Crippen molar-refractivity contribution in [1.29, 1.82) is 0 Å². The van der Waals surface area contributed by atoms with E-state index in [2.05, 4.69) is 0 Å². The number of benzene rings is 1. The number of carbonyl (C=O) groups excluding carboxylic acids is 2. The lowest BCUT2D eigenvalue weighted by atomic mass is 9.86. The number of phenolic OH excluding ortho intramolecular Hbond substituents is 1. The summed E-state index contributed by atoms with van der Waals surface area (Å²) in [7, 11) is 1.12. The van der Waals surface area contributed by atoms with Crippen LogP contribution in [0.3, 0.4) is 0 Å². The Labute approximate surface area is 275 Å². The van der Waals surface area contributed by atoms with E-state index in [1.807, 2.05) is 0 Å². The van der Waals surface area contributed by atoms with E-state index in [-0.39, 0.29) is 23.5 Å². The molecule has 17 heteroatoms. The quantitative estimate of drug-likeness (QED) is 0.0834. The van der Waals surface area contributed by atoms with Gasteiger partial charge < -0.3 is 74.0 Å². The minimum atomic E-state index is -1.75. The highest BCUT2D eigenvalue weighted by Crippen LogP contribution is 2.36. The highest BCUT2D eigenvalue weighted by molar-refractivity contribution is 5.90. The van der Waals surface area contributed by atoms with Gasteiger partial charge in [0.1, 0.15) is 61.2 Å². The summed E-state index contributed by atoms with van der Waals surface area (Å²) in [5.41, 5.74) is 0.922. The van der Waals surface area contributed by atoms with Crippen LogP contribution < -0.4 is 0 Å². The molecule has 3 aliphatic rings. The molecule has 0 radical (unpaired) electrons. The van der Waals surface area contributed by atoms with Crippen LogP contribution in [0.5, 0.6) is 5.75 Å². The molecule has 2 saturated heterocycles. The molecule has 1 aromatic carbocycles. The summed E-state index contributed by atoms with van der Waals surface area (Å²) in [4.78, 5) is 25.7. The van der Waals surface area contributed by atoms with Gasteiger partial charge in [-0.05, 0) is 31.0 Å². The number of methoxy groups -OCH3 is 1. The maximum absolute atomic E-state index is 13.1. The Balaban J connectivity index is 1.39. The van der Waals surface area contributed by atoms with Crippen molar-refractivity contribution in [2.45, 2.75) is 87.5 Å². The predicted molar refractivity (Wildman–Crippen MR) is 157 cm³/mol. The van der Waals surface area contributed by atoms with Crippen LogP contribution in [0, 0.1) is 5.92 Å². The average molecular weight is 687 g/mol. The van der Waals surface area contributed by atoms with Gasteiger partial charge in [-0.1, -0.05) is 18.2 Å². The number of rotatable bonds is 12. The smallest absolute Gasteiger partial charge is 0.337 e. The number of aliphatic hydroxyl groups is 7. The van der Waals surface area contributed by atoms with Gasteiger partial charge in [-0.25, -0.2) is 4.79 Å². The molecule has 0 aliphatic carbocycles. The van der Waals surface area contributed by atoms with Crippen molar-refractivity contribution in [3.8, 4) is 5.75 Å². The molecule has 4 rings (SSSR count). The summed E-state index contributed by atoms with van der Waals surface area (Å²) in [6, 6.07) is 6.37. The van der Waals surface area contributed by atoms with Crippen molar-refractivity contribution in [2.75, 3.05) is 26.9 Å². The lowest BCUT2D eigenvalue weighted by molar-refractivity contribution is -0.327. The Morgan fingerprint density at radius 3 is 2.12 bits per heavy atom. The lowest BCUT2D eigenvalue weighted by Crippen LogP contribution is -2.60. The number of hydrogen-bond donors (Lipinski definition) is 8. The molecular weight excluding hydrogens is 644 g/mol. The van der Waals surface area contributed by atoms with E-state index in [0.29, 0.717) is 6.42 Å². The van der Waals surface area contributed by atoms with Crippen LogP contribution in [0.15, 0.2) is 47.7 Å². The zero-order valence-electron chi connectivity index (χ0n) is 26.2. The number of carbonyl (C=O) groups is 2. The zero-order valence-corrected chi connectivity index (χ0v) is 26.2. The van der Waals surface area contributed by atoms with Gasteiger partial charge in [-0.2, -0.15) is 0 Å². The SMILES string of the molecule is C/C=C1/[C@@H](O[C@@H]2O[C@H](CO)[C@H](O)[C@H](O)[C@H]2O)OC=C(C(=O)OC)[C@H]1CC(=O)OC[C@H]1O[C@H](OCCc2ccc(O)cc2)[C@H](O)[C@@H](O)[C@@H]1O. The van der Waals surface area contributed by atoms with Crippen LogP contribution in [-0.2, 0) is 49.2 Å². The molecule has 8 N–H and O–H groups in total. The maximum Gasteiger partial charge on any atom is 0.337 e. The fourth-order valence-electron chi connectivity index (χ4n) is 5.47. The number of hydrogen-bond acceptors (Lipinski definition) is 17. The Hall–Kier alpha value is -3.20. The number of aromatic hydroxyl groups is 1. The topological polar surface area (TPSA) is 261 Å². The highest BCUT2D eigenvalue weighted by atomic mass is 16.8. The van der Waals surface area contributed by atoms with Crippen LogP contribution >= 0.6 is 0 Å². The molecule has 268 valence electrons. The number of phenols is 1. The summed E-state index contributed by atoms with van der Waals surface area (Å²) in [6.07, 6.45) is -14.6. The van der Waals surface area contributed by atoms with E-state index in [4.69, 9.17) is 33.2 Å². The average Bonchev–Trinajstić information content (AvgIpc) is 3.08. The van der Waals surface area contributed by atoms with E-state index >= 15 is 0 Å². The van der Waals surface area contributed by atoms with Crippen molar-refractivity contribution in [3.63, 3.8) is 0 Å². The van der Waals surface area contributed by atoms with Gasteiger partial charge in [0, 0.05) is 11.5 Å². The van der Waals surface area contributed by atoms with Crippen molar-refractivity contribution in [3.05, 3.63) is 53.3 Å². The second-order valence-corrected chi connectivity index (χ2v) is 11.4. The normalized spacial score (nSPS) is 36.2. The standard InChI is InChI=1S/C31H42O17/c1-3-16-17(18(28(41)42-2)12-45-29(16)48-31-27(40)24(37)22(35)19(11-32)46-31)10-21(34)44-13-20-23(36)25(38)26(39)30(47-20)43-9-8-14-4-6-15(33)7-5-14/h3-7,12,17,19-20,22-27,29-33,35-40H,8-11,13H2,1-2H3/b16-3+/t17-,19+,20+,22-,23+,24-,25-,26+,27+,29+,30-,31-/m0/s1. The number of allylic oxidation sites excluding steroid dienone is 1. The number of ether oxygens (including phenoxy) is 7. The third kappa shape index (κ3) is 8.68. The van der Waals surface area contributed by atoms with Crippen LogP contribution in [0.4, 0.5) is 0 Å². The predicted octanol–water partition coefficient (Wildman–Crippen LogP) is -2.52. The molecule has 17 nitrogen and oxygen atoms in total. The van der Waals surface area contributed by atoms with E-state index < -0.39 is 105 Å². The minimum absolute atomic E-state index is 0.0483. The number of aliphatic hydroxyl groups excluding tert-OH is 7. The Morgan fingerprint density at radius 2 is 1.50 bits per heavy atom. The monoisotopic (exact) mass is 686 g/mol. The minimum Gasteiger partial charge on any atom is -0.508 e. The Morgan fingerprint density at radius 1 is 0.875 bits per heavy atom. The first-order valence-electron chi connectivity index (χ1n) is 15.2. The van der Waals surface area contributed by atoms with E-state index in [0.717, 1.165) is 18.9 Å². The molecule has 3 aliphatic heterocycles.